The number of likely N-dealkylation sites (tertiary alicyclic amines) is 1. The molecule has 1 aliphatic rings. The summed E-state index contributed by atoms with van der Waals surface area (Å²) in [6.07, 6.45) is -0.840. The van der Waals surface area contributed by atoms with Gasteiger partial charge in [-0.15, -0.1) is 11.3 Å². The van der Waals surface area contributed by atoms with Crippen molar-refractivity contribution in [3.8, 4) is 0 Å². The molecule has 0 atom stereocenters. The zero-order valence-electron chi connectivity index (χ0n) is 6.24. The molecule has 12 heavy (non-hydrogen) atoms. The van der Waals surface area contributed by atoms with Crippen LogP contribution >= 0.6 is 11.3 Å². The summed E-state index contributed by atoms with van der Waals surface area (Å²) in [4.78, 5) is 16.6. The predicted octanol–water partition coefficient (Wildman–Crippen LogP) is 0.937. The molecule has 0 unspecified atom stereocenters. The number of carbonyl (C=O) groups is 1. The summed E-state index contributed by atoms with van der Waals surface area (Å²) in [5, 5.41) is 1.67. The van der Waals surface area contributed by atoms with Crippen molar-refractivity contribution in [1.82, 2.24) is 9.88 Å². The Morgan fingerprint density at radius 3 is 3.00 bits per heavy atom. The molecule has 0 N–H and O–H groups in total. The monoisotopic (exact) mass is 186 g/mol. The van der Waals surface area contributed by atoms with Crippen LogP contribution in [0.1, 0.15) is 10.5 Å². The van der Waals surface area contributed by atoms with Crippen molar-refractivity contribution >= 4 is 17.2 Å². The van der Waals surface area contributed by atoms with Gasteiger partial charge in [0.2, 0.25) is 0 Å². The van der Waals surface area contributed by atoms with Gasteiger partial charge in [0.25, 0.3) is 5.91 Å². The van der Waals surface area contributed by atoms with Gasteiger partial charge in [-0.2, -0.15) is 0 Å². The third kappa shape index (κ3) is 1.20. The van der Waals surface area contributed by atoms with Gasteiger partial charge in [0.05, 0.1) is 18.6 Å². The summed E-state index contributed by atoms with van der Waals surface area (Å²) in [5.41, 5.74) is 2.02. The fourth-order valence-corrected chi connectivity index (χ4v) is 1.60. The van der Waals surface area contributed by atoms with E-state index in [0.29, 0.717) is 5.69 Å². The quantitative estimate of drug-likeness (QED) is 0.654. The Bertz CT molecular complexity index is 282. The molecule has 3 nitrogen and oxygen atoms in total. The molecule has 2 rings (SSSR count). The number of aromatic nitrogens is 1. The Kier molecular flexibility index (Phi) is 1.80. The van der Waals surface area contributed by atoms with Gasteiger partial charge in [-0.1, -0.05) is 0 Å². The first-order valence-electron chi connectivity index (χ1n) is 3.59. The summed E-state index contributed by atoms with van der Waals surface area (Å²) in [6, 6.07) is 0. The van der Waals surface area contributed by atoms with Crippen LogP contribution in [0.3, 0.4) is 0 Å². The molecular formula is C7H7FN2OS. The van der Waals surface area contributed by atoms with Crippen LogP contribution in [-0.2, 0) is 0 Å². The zero-order valence-corrected chi connectivity index (χ0v) is 7.05. The van der Waals surface area contributed by atoms with E-state index < -0.39 is 6.17 Å². The minimum absolute atomic E-state index is 0.162. The molecule has 2 heterocycles. The van der Waals surface area contributed by atoms with Crippen LogP contribution in [0.5, 0.6) is 0 Å². The molecule has 1 saturated heterocycles. The first-order valence-corrected chi connectivity index (χ1v) is 4.53. The lowest BCUT2D eigenvalue weighted by Gasteiger charge is -2.33. The van der Waals surface area contributed by atoms with Gasteiger partial charge in [-0.3, -0.25) is 4.79 Å². The van der Waals surface area contributed by atoms with Crippen molar-refractivity contribution in [3.05, 3.63) is 16.6 Å². The molecule has 0 saturated carbocycles. The molecule has 0 spiro atoms. The molecule has 5 heteroatoms. The second-order valence-electron chi connectivity index (χ2n) is 2.68. The van der Waals surface area contributed by atoms with Gasteiger partial charge in [-0.25, -0.2) is 9.37 Å². The molecule has 64 valence electrons. The minimum atomic E-state index is -0.840. The Hall–Kier alpha value is -0.970. The molecule has 1 aliphatic heterocycles. The molecule has 0 radical (unpaired) electrons. The Balaban J connectivity index is 2.03. The van der Waals surface area contributed by atoms with Crippen molar-refractivity contribution in [2.75, 3.05) is 13.1 Å². The maximum atomic E-state index is 12.4. The van der Waals surface area contributed by atoms with Crippen molar-refractivity contribution in [1.29, 1.82) is 0 Å². The summed E-state index contributed by atoms with van der Waals surface area (Å²) in [6.45, 7) is 0.437. The Morgan fingerprint density at radius 1 is 1.75 bits per heavy atom. The number of alkyl halides is 1. The SMILES string of the molecule is O=C(c1cscn1)N1CC(F)C1. The Morgan fingerprint density at radius 2 is 2.50 bits per heavy atom. The lowest BCUT2D eigenvalue weighted by Crippen LogP contribution is -2.51. The lowest BCUT2D eigenvalue weighted by atomic mass is 10.2. The highest BCUT2D eigenvalue weighted by atomic mass is 32.1. The van der Waals surface area contributed by atoms with E-state index in [1.165, 1.54) is 16.2 Å². The second-order valence-corrected chi connectivity index (χ2v) is 3.40. The average molecular weight is 186 g/mol. The molecule has 0 aliphatic carbocycles. The van der Waals surface area contributed by atoms with Crippen molar-refractivity contribution < 1.29 is 9.18 Å². The van der Waals surface area contributed by atoms with Crippen LogP contribution in [0.4, 0.5) is 4.39 Å². The molecule has 1 aromatic heterocycles. The fourth-order valence-electron chi connectivity index (χ4n) is 1.07. The van der Waals surface area contributed by atoms with Gasteiger partial charge in [-0.05, 0) is 0 Å². The average Bonchev–Trinajstić information content (AvgIpc) is 2.49. The standard InChI is InChI=1S/C7H7FN2OS/c8-5-1-10(2-5)7(11)6-3-12-4-9-6/h3-5H,1-2H2. The molecule has 1 amide bonds. The number of hydrogen-bond donors (Lipinski definition) is 0. The second kappa shape index (κ2) is 2.82. The number of nitrogens with zero attached hydrogens (tertiary/aromatic N) is 2. The van der Waals surface area contributed by atoms with E-state index in [1.807, 2.05) is 0 Å². The van der Waals surface area contributed by atoms with E-state index in [9.17, 15) is 9.18 Å². The predicted molar refractivity (Wildman–Crippen MR) is 42.9 cm³/mol. The molecule has 1 fully saturated rings. The van der Waals surface area contributed by atoms with Gasteiger partial charge < -0.3 is 4.90 Å². The summed E-state index contributed by atoms with van der Waals surface area (Å²) < 4.78 is 12.4. The van der Waals surface area contributed by atoms with Gasteiger partial charge in [0.1, 0.15) is 11.9 Å². The summed E-state index contributed by atoms with van der Waals surface area (Å²) >= 11 is 1.37. The maximum Gasteiger partial charge on any atom is 0.273 e. The number of halogens is 1. The van der Waals surface area contributed by atoms with E-state index in [2.05, 4.69) is 4.98 Å². The van der Waals surface area contributed by atoms with Gasteiger partial charge in [0.15, 0.2) is 0 Å². The van der Waals surface area contributed by atoms with Crippen LogP contribution in [0.2, 0.25) is 0 Å². The van der Waals surface area contributed by atoms with Crippen LogP contribution in [0, 0.1) is 0 Å². The number of thiazole rings is 1. The fraction of sp³-hybridized carbons (Fsp3) is 0.429. The van der Waals surface area contributed by atoms with Crippen molar-refractivity contribution in [3.63, 3.8) is 0 Å². The van der Waals surface area contributed by atoms with Crippen molar-refractivity contribution in [2.24, 2.45) is 0 Å². The van der Waals surface area contributed by atoms with E-state index >= 15 is 0 Å². The Labute approximate surface area is 72.8 Å². The van der Waals surface area contributed by atoms with E-state index in [1.54, 1.807) is 10.9 Å². The molecule has 0 aromatic carbocycles. The third-order valence-corrected chi connectivity index (χ3v) is 2.36. The highest BCUT2D eigenvalue weighted by Gasteiger charge is 2.31. The summed E-state index contributed by atoms with van der Waals surface area (Å²) in [5.74, 6) is -0.162. The number of amides is 1. The first kappa shape index (κ1) is 7.67. The molecule has 1 aromatic rings. The number of hydrogen-bond acceptors (Lipinski definition) is 3. The highest BCUT2D eigenvalue weighted by Crippen LogP contribution is 2.15. The normalized spacial score (nSPS) is 17.6. The third-order valence-electron chi connectivity index (χ3n) is 1.78. The minimum Gasteiger partial charge on any atom is -0.331 e. The maximum absolute atomic E-state index is 12.4. The van der Waals surface area contributed by atoms with E-state index in [0.717, 1.165) is 0 Å². The van der Waals surface area contributed by atoms with E-state index in [4.69, 9.17) is 0 Å². The lowest BCUT2D eigenvalue weighted by molar-refractivity contribution is 0.0395. The largest absolute Gasteiger partial charge is 0.331 e. The summed E-state index contributed by atoms with van der Waals surface area (Å²) in [7, 11) is 0. The molecule has 0 bridgehead atoms. The van der Waals surface area contributed by atoms with Crippen LogP contribution in [-0.4, -0.2) is 35.1 Å². The van der Waals surface area contributed by atoms with Crippen molar-refractivity contribution in [2.45, 2.75) is 6.17 Å². The topological polar surface area (TPSA) is 33.2 Å². The van der Waals surface area contributed by atoms with E-state index in [-0.39, 0.29) is 19.0 Å². The number of rotatable bonds is 1. The first-order chi connectivity index (χ1) is 5.77. The number of carbonyl (C=O) groups excluding carboxylic acids is 1. The van der Waals surface area contributed by atoms with Crippen LogP contribution < -0.4 is 0 Å². The molecular weight excluding hydrogens is 179 g/mol. The smallest absolute Gasteiger partial charge is 0.273 e. The zero-order chi connectivity index (χ0) is 8.55. The van der Waals surface area contributed by atoms with Crippen LogP contribution in [0.25, 0.3) is 0 Å². The van der Waals surface area contributed by atoms with Crippen LogP contribution in [0.15, 0.2) is 10.9 Å². The van der Waals surface area contributed by atoms with Gasteiger partial charge >= 0.3 is 0 Å². The van der Waals surface area contributed by atoms with Gasteiger partial charge in [0, 0.05) is 5.38 Å². The highest BCUT2D eigenvalue weighted by molar-refractivity contribution is 7.07.